The molecule has 0 amide bonds. The molecule has 13 nitrogen and oxygen atoms in total. The number of hydrogen-bond acceptors (Lipinski definition) is 13. The van der Waals surface area contributed by atoms with Crippen LogP contribution in [0.15, 0.2) is 0 Å². The smallest absolute Gasteiger partial charge is 0.312 e. The third-order valence-corrected chi connectivity index (χ3v) is 18.6. The van der Waals surface area contributed by atoms with Gasteiger partial charge in [-0.25, -0.2) is 0 Å². The monoisotopic (exact) mass is 780 g/mol. The lowest BCUT2D eigenvalue weighted by Crippen LogP contribution is -2.72. The van der Waals surface area contributed by atoms with Crippen molar-refractivity contribution in [3.63, 3.8) is 0 Å². The molecule has 0 unspecified atom stereocenters. The largest absolute Gasteiger partial charge is 0.459 e. The molecule has 0 aromatic carbocycles. The maximum absolute atomic E-state index is 13.7. The molecule has 0 aromatic heterocycles. The van der Waals surface area contributed by atoms with Crippen molar-refractivity contribution in [2.24, 2.45) is 56.7 Å². The molecule has 5 saturated carbocycles. The van der Waals surface area contributed by atoms with E-state index in [-0.39, 0.29) is 44.7 Å². The molecule has 5 aliphatic carbocycles. The standard InChI is InChI=1S/C42H68O13/c1-20-27-21-8-9-25-38(4)12-11-26(53-35-33(31(48)29(46)23(19-44)52-35)54-34-32(49)30(47)28(45)22(18-43)51-34)37(2,3)24(38)10-13-40(25,6)39(21,5)14-16-42(27)17-15-41(20,7)55-36(42)50/h20-35,43-49H,8-19H2,1-7H3/t20-,21+,22+,23+,24-,25+,26-,27+,28+,29-,30-,31-,32+,33+,34-,35-,38-,39+,40+,41-,42+/m0/s1. The number of rotatable bonds is 6. The first-order chi connectivity index (χ1) is 25.7. The molecule has 13 heteroatoms. The predicted molar refractivity (Wildman–Crippen MR) is 196 cm³/mol. The normalized spacial score (nSPS) is 58.5. The van der Waals surface area contributed by atoms with E-state index in [4.69, 9.17) is 23.7 Å². The fourth-order valence-corrected chi connectivity index (χ4v) is 15.1. The van der Waals surface area contributed by atoms with E-state index in [0.717, 1.165) is 57.8 Å². The highest BCUT2D eigenvalue weighted by molar-refractivity contribution is 5.80. The number of fused-ring (bicyclic) bond motifs is 7. The van der Waals surface area contributed by atoms with Crippen LogP contribution < -0.4 is 0 Å². The lowest BCUT2D eigenvalue weighted by atomic mass is 9.30. The van der Waals surface area contributed by atoms with Gasteiger partial charge in [0.15, 0.2) is 12.6 Å². The Labute approximate surface area is 325 Å². The topological polar surface area (TPSA) is 205 Å². The second-order valence-electron chi connectivity index (χ2n) is 20.8. The number of aliphatic hydroxyl groups excluding tert-OH is 7. The van der Waals surface area contributed by atoms with Crippen LogP contribution >= 0.6 is 0 Å². The van der Waals surface area contributed by atoms with Crippen molar-refractivity contribution in [2.75, 3.05) is 13.2 Å². The zero-order chi connectivity index (χ0) is 39.8. The van der Waals surface area contributed by atoms with Crippen LogP contribution in [0.2, 0.25) is 0 Å². The summed E-state index contributed by atoms with van der Waals surface area (Å²) in [4.78, 5) is 13.7. The van der Waals surface area contributed by atoms with Gasteiger partial charge in [-0.2, -0.15) is 0 Å². The molecule has 9 aliphatic rings. The molecular formula is C42H68O13. The summed E-state index contributed by atoms with van der Waals surface area (Å²) in [5.74, 6) is 2.00. The van der Waals surface area contributed by atoms with Crippen LogP contribution in [0.1, 0.15) is 113 Å². The van der Waals surface area contributed by atoms with Crippen molar-refractivity contribution in [1.29, 1.82) is 0 Å². The van der Waals surface area contributed by atoms with Crippen LogP contribution in [0.25, 0.3) is 0 Å². The van der Waals surface area contributed by atoms with Crippen LogP contribution in [0.4, 0.5) is 0 Å². The van der Waals surface area contributed by atoms with Gasteiger partial charge in [0.25, 0.3) is 0 Å². The lowest BCUT2D eigenvalue weighted by Gasteiger charge is -2.75. The van der Waals surface area contributed by atoms with Gasteiger partial charge in [-0.15, -0.1) is 0 Å². The zero-order valence-electron chi connectivity index (χ0n) is 33.8. The van der Waals surface area contributed by atoms with Crippen LogP contribution in [-0.2, 0) is 28.5 Å². The Morgan fingerprint density at radius 1 is 0.655 bits per heavy atom. The van der Waals surface area contributed by atoms with Gasteiger partial charge in [0.2, 0.25) is 0 Å². The quantitative estimate of drug-likeness (QED) is 0.153. The van der Waals surface area contributed by atoms with Crippen molar-refractivity contribution < 1.29 is 64.2 Å². The highest BCUT2D eigenvalue weighted by Crippen LogP contribution is 2.78. The van der Waals surface area contributed by atoms with Crippen LogP contribution in [0.5, 0.6) is 0 Å². The Morgan fingerprint density at radius 3 is 1.95 bits per heavy atom. The van der Waals surface area contributed by atoms with E-state index in [0.29, 0.717) is 36.0 Å². The molecule has 7 N–H and O–H groups in total. The highest BCUT2D eigenvalue weighted by Gasteiger charge is 2.74. The summed E-state index contributed by atoms with van der Waals surface area (Å²) in [7, 11) is 0. The molecular weight excluding hydrogens is 712 g/mol. The summed E-state index contributed by atoms with van der Waals surface area (Å²) in [6, 6.07) is 0. The van der Waals surface area contributed by atoms with E-state index in [9.17, 15) is 40.5 Å². The molecule has 0 aromatic rings. The molecule has 21 atom stereocenters. The maximum Gasteiger partial charge on any atom is 0.312 e. The number of carbonyl (C=O) groups is 1. The minimum absolute atomic E-state index is 0.0184. The molecule has 9 rings (SSSR count). The molecule has 4 aliphatic heterocycles. The fraction of sp³-hybridized carbons (Fsp3) is 0.976. The van der Waals surface area contributed by atoms with Crippen molar-refractivity contribution >= 4 is 5.97 Å². The Morgan fingerprint density at radius 2 is 1.29 bits per heavy atom. The molecule has 0 radical (unpaired) electrons. The van der Waals surface area contributed by atoms with Crippen LogP contribution in [-0.4, -0.2) is 128 Å². The third-order valence-electron chi connectivity index (χ3n) is 18.6. The molecule has 9 fully saturated rings. The number of aliphatic hydroxyl groups is 7. The van der Waals surface area contributed by atoms with E-state index in [2.05, 4.69) is 48.5 Å². The summed E-state index contributed by atoms with van der Waals surface area (Å²) in [6.45, 7) is 15.4. The van der Waals surface area contributed by atoms with Crippen LogP contribution in [0.3, 0.4) is 0 Å². The zero-order valence-corrected chi connectivity index (χ0v) is 33.8. The first-order valence-electron chi connectivity index (χ1n) is 21.2. The maximum atomic E-state index is 13.7. The summed E-state index contributed by atoms with van der Waals surface area (Å²) < 4.78 is 30.7. The van der Waals surface area contributed by atoms with Crippen molar-refractivity contribution in [1.82, 2.24) is 0 Å². The van der Waals surface area contributed by atoms with E-state index in [1.54, 1.807) is 0 Å². The number of hydrogen-bond donors (Lipinski definition) is 7. The van der Waals surface area contributed by atoms with Gasteiger partial charge in [-0.3, -0.25) is 4.79 Å². The van der Waals surface area contributed by atoms with Crippen molar-refractivity contribution in [2.45, 2.75) is 186 Å². The van der Waals surface area contributed by atoms with Crippen molar-refractivity contribution in [3.05, 3.63) is 0 Å². The van der Waals surface area contributed by atoms with E-state index < -0.39 is 74.6 Å². The number of esters is 1. The molecule has 2 bridgehead atoms. The summed E-state index contributed by atoms with van der Waals surface area (Å²) >= 11 is 0. The molecule has 4 heterocycles. The van der Waals surface area contributed by atoms with E-state index in [1.165, 1.54) is 0 Å². The van der Waals surface area contributed by atoms with Gasteiger partial charge in [0.1, 0.15) is 54.4 Å². The lowest BCUT2D eigenvalue weighted by molar-refractivity contribution is -0.378. The Bertz CT molecular complexity index is 1480. The van der Waals surface area contributed by atoms with Gasteiger partial charge in [-0.1, -0.05) is 41.5 Å². The van der Waals surface area contributed by atoms with Crippen molar-refractivity contribution in [3.8, 4) is 0 Å². The summed E-state index contributed by atoms with van der Waals surface area (Å²) in [6.07, 6.45) is -5.40. The second kappa shape index (κ2) is 13.5. The van der Waals surface area contributed by atoms with Gasteiger partial charge >= 0.3 is 5.97 Å². The van der Waals surface area contributed by atoms with Crippen LogP contribution in [0, 0.1) is 56.7 Å². The average Bonchev–Trinajstić information content (AvgIpc) is 3.13. The number of carbonyl (C=O) groups excluding carboxylic acids is 1. The van der Waals surface area contributed by atoms with Gasteiger partial charge in [-0.05, 0) is 122 Å². The Balaban J connectivity index is 1.04. The molecule has 314 valence electrons. The minimum Gasteiger partial charge on any atom is -0.459 e. The highest BCUT2D eigenvalue weighted by atomic mass is 16.8. The predicted octanol–water partition coefficient (Wildman–Crippen LogP) is 2.41. The fourth-order valence-electron chi connectivity index (χ4n) is 15.1. The molecule has 55 heavy (non-hydrogen) atoms. The first kappa shape index (κ1) is 40.8. The first-order valence-corrected chi connectivity index (χ1v) is 21.2. The average molecular weight is 781 g/mol. The number of ether oxygens (including phenoxy) is 5. The van der Waals surface area contributed by atoms with E-state index >= 15 is 0 Å². The third kappa shape index (κ3) is 5.53. The minimum atomic E-state index is -1.73. The summed E-state index contributed by atoms with van der Waals surface area (Å²) in [5, 5.41) is 73.5. The summed E-state index contributed by atoms with van der Waals surface area (Å²) in [5.41, 5.74) is -0.861. The Hall–Kier alpha value is -0.970. The van der Waals surface area contributed by atoms with Gasteiger partial charge in [0.05, 0.1) is 24.7 Å². The Kier molecular flexibility index (Phi) is 10.0. The van der Waals surface area contributed by atoms with Gasteiger partial charge < -0.3 is 59.4 Å². The molecule has 1 spiro atoms. The SMILES string of the molecule is C[C@H]1[C@@H]2[C@H]3CC[C@@H]4[C@@]5(C)CC[C@H](O[C@@H]6O[C@H](CO)[C@H](O)[C@H](O)[C@H]6O[C@@H]6O[C@H](CO)[C@@H](O)[C@H](O)[C@H]6O)C(C)(C)[C@@H]5CC[C@@]4(C)[C@]3(C)CC[C@@]23CC[C@]1(C)OC3=O. The molecule has 4 saturated heterocycles. The van der Waals surface area contributed by atoms with Gasteiger partial charge in [0, 0.05) is 0 Å². The second-order valence-corrected chi connectivity index (χ2v) is 20.8. The van der Waals surface area contributed by atoms with E-state index in [1.807, 2.05) is 0 Å².